The van der Waals surface area contributed by atoms with Crippen LogP contribution in [0.2, 0.25) is 0 Å². The van der Waals surface area contributed by atoms with Crippen molar-refractivity contribution in [1.29, 1.82) is 0 Å². The van der Waals surface area contributed by atoms with Gasteiger partial charge in [-0.1, -0.05) is 24.3 Å². The number of aromatic nitrogens is 1. The van der Waals surface area contributed by atoms with E-state index < -0.39 is 0 Å². The zero-order valence-electron chi connectivity index (χ0n) is 9.53. The van der Waals surface area contributed by atoms with Crippen molar-refractivity contribution in [3.05, 3.63) is 47.8 Å². The highest BCUT2D eigenvalue weighted by molar-refractivity contribution is 5.83. The van der Waals surface area contributed by atoms with Crippen LogP contribution in [0.4, 0.5) is 0 Å². The Hall–Kier alpha value is -1.70. The molecule has 0 unspecified atom stereocenters. The lowest BCUT2D eigenvalue weighted by atomic mass is 10.1. The first-order valence-corrected chi connectivity index (χ1v) is 5.80. The van der Waals surface area contributed by atoms with Crippen molar-refractivity contribution in [3.63, 3.8) is 0 Å². The molecule has 0 spiro atoms. The molecule has 2 nitrogen and oxygen atoms in total. The molecule has 1 N–H and O–H groups in total. The molecule has 0 amide bonds. The first-order valence-electron chi connectivity index (χ1n) is 5.80. The number of H-pyrrole nitrogens is 1. The predicted octanol–water partition coefficient (Wildman–Crippen LogP) is 2.93. The molecule has 0 saturated carbocycles. The molecule has 3 rings (SSSR count). The molecule has 16 heavy (non-hydrogen) atoms. The highest BCUT2D eigenvalue weighted by atomic mass is 15.1. The molecule has 1 aromatic heterocycles. The molecule has 0 saturated heterocycles. The van der Waals surface area contributed by atoms with Crippen LogP contribution < -0.4 is 0 Å². The standard InChI is InChI=1S/C14H16N2/c1-16-8-4-5-12(16)9-11-10-15-14-7-3-2-6-13(11)14/h2-3,5-7,10,15H,4,8-9H2,1H3. The third kappa shape index (κ3) is 1.51. The number of hydrogen-bond donors (Lipinski definition) is 1. The number of likely N-dealkylation sites (N-methyl/N-ethyl adjacent to an activating group) is 1. The Morgan fingerprint density at radius 1 is 1.31 bits per heavy atom. The summed E-state index contributed by atoms with van der Waals surface area (Å²) in [7, 11) is 2.17. The first-order chi connectivity index (χ1) is 7.84. The minimum absolute atomic E-state index is 1.04. The van der Waals surface area contributed by atoms with Gasteiger partial charge in [0, 0.05) is 42.8 Å². The van der Waals surface area contributed by atoms with Crippen LogP contribution in [0.1, 0.15) is 12.0 Å². The van der Waals surface area contributed by atoms with Gasteiger partial charge in [-0.25, -0.2) is 0 Å². The largest absolute Gasteiger partial charge is 0.378 e. The number of rotatable bonds is 2. The van der Waals surface area contributed by atoms with Crippen LogP contribution in [0.3, 0.4) is 0 Å². The van der Waals surface area contributed by atoms with Gasteiger partial charge in [0.2, 0.25) is 0 Å². The second kappa shape index (κ2) is 3.71. The maximum Gasteiger partial charge on any atom is 0.0456 e. The Balaban J connectivity index is 1.95. The molecule has 82 valence electrons. The highest BCUT2D eigenvalue weighted by Crippen LogP contribution is 2.23. The molecule has 2 heterocycles. The fourth-order valence-corrected chi connectivity index (χ4v) is 2.40. The number of nitrogens with zero attached hydrogens (tertiary/aromatic N) is 1. The van der Waals surface area contributed by atoms with Crippen LogP contribution in [0.15, 0.2) is 42.2 Å². The summed E-state index contributed by atoms with van der Waals surface area (Å²) in [5, 5.41) is 1.35. The molecule has 0 fully saturated rings. The summed E-state index contributed by atoms with van der Waals surface area (Å²) in [5.41, 5.74) is 4.08. The quantitative estimate of drug-likeness (QED) is 0.811. The molecule has 1 aliphatic heterocycles. The monoisotopic (exact) mass is 212 g/mol. The smallest absolute Gasteiger partial charge is 0.0456 e. The van der Waals surface area contributed by atoms with Crippen LogP contribution in [0, 0.1) is 0 Å². The van der Waals surface area contributed by atoms with E-state index in [0.29, 0.717) is 0 Å². The van der Waals surface area contributed by atoms with Crippen molar-refractivity contribution < 1.29 is 0 Å². The van der Waals surface area contributed by atoms with Gasteiger partial charge in [-0.2, -0.15) is 0 Å². The maximum atomic E-state index is 3.33. The van der Waals surface area contributed by atoms with Gasteiger partial charge in [0.25, 0.3) is 0 Å². The zero-order chi connectivity index (χ0) is 11.0. The van der Waals surface area contributed by atoms with Crippen LogP contribution >= 0.6 is 0 Å². The molecule has 1 aliphatic rings. The molecular weight excluding hydrogens is 196 g/mol. The second-order valence-corrected chi connectivity index (χ2v) is 4.44. The van der Waals surface area contributed by atoms with Crippen LogP contribution in [-0.2, 0) is 6.42 Å². The van der Waals surface area contributed by atoms with Gasteiger partial charge in [0.15, 0.2) is 0 Å². The minimum Gasteiger partial charge on any atom is -0.378 e. The van der Waals surface area contributed by atoms with Crippen molar-refractivity contribution in [2.45, 2.75) is 12.8 Å². The number of hydrogen-bond acceptors (Lipinski definition) is 1. The summed E-state index contributed by atoms with van der Waals surface area (Å²) in [4.78, 5) is 5.68. The summed E-state index contributed by atoms with van der Waals surface area (Å²) in [5.74, 6) is 0. The van der Waals surface area contributed by atoms with Crippen LogP contribution in [0.5, 0.6) is 0 Å². The van der Waals surface area contributed by atoms with Gasteiger partial charge in [-0.05, 0) is 18.1 Å². The lowest BCUT2D eigenvalue weighted by Gasteiger charge is -2.15. The van der Waals surface area contributed by atoms with Crippen LogP contribution in [-0.4, -0.2) is 23.5 Å². The van der Waals surface area contributed by atoms with Gasteiger partial charge in [-0.15, -0.1) is 0 Å². The van der Waals surface area contributed by atoms with E-state index in [1.165, 1.54) is 28.6 Å². The predicted molar refractivity (Wildman–Crippen MR) is 67.3 cm³/mol. The Morgan fingerprint density at radius 3 is 3.00 bits per heavy atom. The van der Waals surface area contributed by atoms with Crippen molar-refractivity contribution in [3.8, 4) is 0 Å². The number of aromatic amines is 1. The Bertz CT molecular complexity index is 536. The molecule has 0 atom stereocenters. The zero-order valence-corrected chi connectivity index (χ0v) is 9.53. The third-order valence-corrected chi connectivity index (χ3v) is 3.38. The lowest BCUT2D eigenvalue weighted by Crippen LogP contribution is -2.14. The number of para-hydroxylation sites is 1. The van der Waals surface area contributed by atoms with E-state index in [0.717, 1.165) is 13.0 Å². The Morgan fingerprint density at radius 2 is 2.19 bits per heavy atom. The van der Waals surface area contributed by atoms with E-state index in [-0.39, 0.29) is 0 Å². The minimum atomic E-state index is 1.04. The van der Waals surface area contributed by atoms with Crippen LogP contribution in [0.25, 0.3) is 10.9 Å². The molecule has 0 bridgehead atoms. The van der Waals surface area contributed by atoms with E-state index in [9.17, 15) is 0 Å². The first kappa shape index (κ1) is 9.52. The van der Waals surface area contributed by atoms with E-state index >= 15 is 0 Å². The highest BCUT2D eigenvalue weighted by Gasteiger charge is 2.12. The summed E-state index contributed by atoms with van der Waals surface area (Å²) in [6, 6.07) is 8.50. The average Bonchev–Trinajstić information content (AvgIpc) is 2.88. The van der Waals surface area contributed by atoms with E-state index in [4.69, 9.17) is 0 Å². The maximum absolute atomic E-state index is 3.33. The normalized spacial score (nSPS) is 15.8. The Labute approximate surface area is 95.6 Å². The van der Waals surface area contributed by atoms with E-state index in [1.807, 2.05) is 0 Å². The van der Waals surface area contributed by atoms with E-state index in [1.54, 1.807) is 0 Å². The number of nitrogens with one attached hydrogen (secondary N) is 1. The van der Waals surface area contributed by atoms with E-state index in [2.05, 4.69) is 53.5 Å². The lowest BCUT2D eigenvalue weighted by molar-refractivity contribution is 0.449. The fraction of sp³-hybridized carbons (Fsp3) is 0.286. The topological polar surface area (TPSA) is 19.0 Å². The summed E-state index contributed by atoms with van der Waals surface area (Å²) < 4.78 is 0. The van der Waals surface area contributed by atoms with Crippen molar-refractivity contribution in [2.24, 2.45) is 0 Å². The molecule has 2 aromatic rings. The molecule has 0 aliphatic carbocycles. The average molecular weight is 212 g/mol. The Kier molecular flexibility index (Phi) is 2.21. The number of benzene rings is 1. The number of allylic oxidation sites excluding steroid dienone is 1. The van der Waals surface area contributed by atoms with Gasteiger partial charge in [0.05, 0.1) is 0 Å². The summed E-state index contributed by atoms with van der Waals surface area (Å²) in [6.45, 7) is 1.16. The van der Waals surface area contributed by atoms with Crippen molar-refractivity contribution in [1.82, 2.24) is 9.88 Å². The van der Waals surface area contributed by atoms with Gasteiger partial charge in [0.1, 0.15) is 0 Å². The second-order valence-electron chi connectivity index (χ2n) is 4.44. The summed E-state index contributed by atoms with van der Waals surface area (Å²) in [6.07, 6.45) is 6.72. The SMILES string of the molecule is CN1CCC=C1Cc1c[nH]c2ccccc12. The van der Waals surface area contributed by atoms with Gasteiger partial charge in [-0.3, -0.25) is 0 Å². The fourth-order valence-electron chi connectivity index (χ4n) is 2.40. The van der Waals surface area contributed by atoms with Crippen molar-refractivity contribution in [2.75, 3.05) is 13.6 Å². The van der Waals surface area contributed by atoms with Crippen molar-refractivity contribution >= 4 is 10.9 Å². The third-order valence-electron chi connectivity index (χ3n) is 3.38. The molecular formula is C14H16N2. The molecule has 2 heteroatoms. The van der Waals surface area contributed by atoms with Gasteiger partial charge >= 0.3 is 0 Å². The molecule has 0 radical (unpaired) electrons. The molecule has 1 aromatic carbocycles. The van der Waals surface area contributed by atoms with Gasteiger partial charge < -0.3 is 9.88 Å². The number of fused-ring (bicyclic) bond motifs is 1. The summed E-state index contributed by atoms with van der Waals surface area (Å²) >= 11 is 0.